The topological polar surface area (TPSA) is 70.8 Å². The summed E-state index contributed by atoms with van der Waals surface area (Å²) < 4.78 is 19.1. The van der Waals surface area contributed by atoms with Gasteiger partial charge in [0.25, 0.3) is 5.88 Å². The van der Waals surface area contributed by atoms with Gasteiger partial charge in [-0.25, -0.2) is 4.98 Å². The van der Waals surface area contributed by atoms with Crippen LogP contribution in [0.5, 0.6) is 5.88 Å². The molecule has 0 fully saturated rings. The highest BCUT2D eigenvalue weighted by Crippen LogP contribution is 2.33. The van der Waals surface area contributed by atoms with Gasteiger partial charge < -0.3 is 9.50 Å². The molecule has 1 aliphatic rings. The average molecular weight is 327 g/mol. The van der Waals surface area contributed by atoms with E-state index in [1.807, 2.05) is 0 Å². The maximum atomic E-state index is 14.2. The van der Waals surface area contributed by atoms with Crippen LogP contribution in [0.2, 0.25) is 0 Å². The summed E-state index contributed by atoms with van der Waals surface area (Å²) >= 11 is 7.03. The lowest BCUT2D eigenvalue weighted by Crippen LogP contribution is -2.11. The molecular formula is C13H12ClFN4OS. The fourth-order valence-corrected chi connectivity index (χ4v) is 2.37. The standard InChI is InChI=1S/C13H12ClFN4OS/c1-7-8(5-16)10(4-3-9(7)14)19-12-11(15)13(20-21-2)18-6-17-12/h6H,3-4H2,1-2H3,(H,17,18,19). The predicted molar refractivity (Wildman–Crippen MR) is 80.2 cm³/mol. The van der Waals surface area contributed by atoms with Gasteiger partial charge in [0.05, 0.1) is 17.6 Å². The van der Waals surface area contributed by atoms with E-state index in [-0.39, 0.29) is 11.7 Å². The third kappa shape index (κ3) is 3.28. The van der Waals surface area contributed by atoms with Gasteiger partial charge in [-0.1, -0.05) is 11.6 Å². The van der Waals surface area contributed by atoms with Crippen molar-refractivity contribution in [1.82, 2.24) is 9.97 Å². The molecule has 0 radical (unpaired) electrons. The normalized spacial score (nSPS) is 15.0. The number of nitriles is 1. The SMILES string of the molecule is CSOc1ncnc(NC2=C(C#N)C(C)=C(Cl)CC2)c1F. The van der Waals surface area contributed by atoms with Crippen LogP contribution in [0.1, 0.15) is 19.8 Å². The minimum atomic E-state index is -0.699. The van der Waals surface area contributed by atoms with Crippen molar-refractivity contribution < 1.29 is 8.57 Å². The van der Waals surface area contributed by atoms with Crippen LogP contribution >= 0.6 is 23.6 Å². The van der Waals surface area contributed by atoms with Crippen molar-refractivity contribution in [2.24, 2.45) is 0 Å². The molecule has 1 heterocycles. The summed E-state index contributed by atoms with van der Waals surface area (Å²) in [6, 6.07) is 2.09. The molecule has 0 spiro atoms. The average Bonchev–Trinajstić information content (AvgIpc) is 2.47. The molecule has 21 heavy (non-hydrogen) atoms. The van der Waals surface area contributed by atoms with Gasteiger partial charge in [-0.05, 0) is 25.3 Å². The number of allylic oxidation sites excluding steroid dienone is 4. The molecular weight excluding hydrogens is 315 g/mol. The Hall–Kier alpha value is -1.78. The highest BCUT2D eigenvalue weighted by Gasteiger charge is 2.20. The van der Waals surface area contributed by atoms with Crippen LogP contribution in [0.15, 0.2) is 28.2 Å². The lowest BCUT2D eigenvalue weighted by atomic mass is 9.96. The third-order valence-corrected chi connectivity index (χ3v) is 3.78. The van der Waals surface area contributed by atoms with E-state index in [0.717, 1.165) is 12.0 Å². The molecule has 8 heteroatoms. The zero-order valence-electron chi connectivity index (χ0n) is 11.4. The number of nitrogens with one attached hydrogen (secondary N) is 1. The van der Waals surface area contributed by atoms with E-state index in [4.69, 9.17) is 15.8 Å². The van der Waals surface area contributed by atoms with E-state index in [9.17, 15) is 9.65 Å². The van der Waals surface area contributed by atoms with E-state index in [2.05, 4.69) is 21.4 Å². The van der Waals surface area contributed by atoms with Crippen LogP contribution in [0.4, 0.5) is 10.2 Å². The Bertz CT molecular complexity index is 669. The molecule has 110 valence electrons. The first-order valence-electron chi connectivity index (χ1n) is 6.05. The molecule has 0 bridgehead atoms. The summed E-state index contributed by atoms with van der Waals surface area (Å²) in [5.74, 6) is -0.877. The zero-order chi connectivity index (χ0) is 15.4. The molecule has 1 aromatic rings. The monoisotopic (exact) mass is 326 g/mol. The Balaban J connectivity index is 2.36. The molecule has 5 nitrogen and oxygen atoms in total. The summed E-state index contributed by atoms with van der Waals surface area (Å²) in [6.45, 7) is 1.76. The maximum absolute atomic E-state index is 14.2. The largest absolute Gasteiger partial charge is 0.403 e. The number of hydrogen-bond acceptors (Lipinski definition) is 6. The molecule has 1 aromatic heterocycles. The van der Waals surface area contributed by atoms with Gasteiger partial charge in [-0.2, -0.15) is 14.6 Å². The lowest BCUT2D eigenvalue weighted by molar-refractivity contribution is 0.519. The van der Waals surface area contributed by atoms with Crippen molar-refractivity contribution in [2.45, 2.75) is 19.8 Å². The van der Waals surface area contributed by atoms with E-state index < -0.39 is 5.82 Å². The molecule has 1 N–H and O–H groups in total. The number of anilines is 1. The Labute approximate surface area is 131 Å². The Morgan fingerprint density at radius 2 is 2.24 bits per heavy atom. The van der Waals surface area contributed by atoms with Crippen LogP contribution in [0.3, 0.4) is 0 Å². The highest BCUT2D eigenvalue weighted by atomic mass is 35.5. The smallest absolute Gasteiger partial charge is 0.269 e. The summed E-state index contributed by atoms with van der Waals surface area (Å²) in [5, 5.41) is 12.7. The number of nitrogens with zero attached hydrogens (tertiary/aromatic N) is 3. The summed E-state index contributed by atoms with van der Waals surface area (Å²) in [5.41, 5.74) is 1.70. The van der Waals surface area contributed by atoms with Crippen LogP contribution in [-0.2, 0) is 0 Å². The van der Waals surface area contributed by atoms with Crippen LogP contribution < -0.4 is 9.50 Å². The first kappa shape index (κ1) is 15.6. The number of aromatic nitrogens is 2. The number of halogens is 2. The molecule has 0 aliphatic heterocycles. The van der Waals surface area contributed by atoms with E-state index >= 15 is 0 Å². The van der Waals surface area contributed by atoms with Crippen molar-refractivity contribution in [3.05, 3.63) is 34.0 Å². The quantitative estimate of drug-likeness (QED) is 0.849. The van der Waals surface area contributed by atoms with Crippen molar-refractivity contribution >= 4 is 29.5 Å². The first-order valence-corrected chi connectivity index (χ1v) is 7.58. The minimum Gasteiger partial charge on any atom is -0.403 e. The second-order valence-corrected chi connectivity index (χ2v) is 5.17. The second kappa shape index (κ2) is 6.78. The van der Waals surface area contributed by atoms with Gasteiger partial charge in [-0.3, -0.25) is 0 Å². The Kier molecular flexibility index (Phi) is 5.04. The summed E-state index contributed by atoms with van der Waals surface area (Å²) in [7, 11) is 0. The second-order valence-electron chi connectivity index (χ2n) is 4.21. The van der Waals surface area contributed by atoms with Crippen molar-refractivity contribution in [1.29, 1.82) is 5.26 Å². The summed E-state index contributed by atoms with van der Waals surface area (Å²) in [4.78, 5) is 7.56. The molecule has 0 unspecified atom stereocenters. The highest BCUT2D eigenvalue weighted by molar-refractivity contribution is 7.94. The number of hydrogen-bond donors (Lipinski definition) is 1. The summed E-state index contributed by atoms with van der Waals surface area (Å²) in [6.07, 6.45) is 3.97. The fraction of sp³-hybridized carbons (Fsp3) is 0.308. The molecule has 0 saturated carbocycles. The van der Waals surface area contributed by atoms with Gasteiger partial charge in [0.1, 0.15) is 12.4 Å². The molecule has 2 rings (SSSR count). The molecule has 0 atom stereocenters. The van der Waals surface area contributed by atoms with Gasteiger partial charge in [0.2, 0.25) is 5.82 Å². The van der Waals surface area contributed by atoms with Crippen molar-refractivity contribution in [3.8, 4) is 11.9 Å². The molecule has 0 saturated heterocycles. The molecule has 0 amide bonds. The molecule has 0 aromatic carbocycles. The maximum Gasteiger partial charge on any atom is 0.269 e. The van der Waals surface area contributed by atoms with Crippen molar-refractivity contribution in [2.75, 3.05) is 11.6 Å². The predicted octanol–water partition coefficient (Wildman–Crippen LogP) is 3.77. The zero-order valence-corrected chi connectivity index (χ0v) is 13.0. The minimum absolute atomic E-state index is 0.0253. The first-order chi connectivity index (χ1) is 10.1. The van der Waals surface area contributed by atoms with Gasteiger partial charge in [0, 0.05) is 17.0 Å². The lowest BCUT2D eigenvalue weighted by Gasteiger charge is -2.19. The number of rotatable bonds is 4. The van der Waals surface area contributed by atoms with Gasteiger partial charge in [0.15, 0.2) is 5.82 Å². The van der Waals surface area contributed by atoms with Gasteiger partial charge >= 0.3 is 0 Å². The van der Waals surface area contributed by atoms with Crippen molar-refractivity contribution in [3.63, 3.8) is 0 Å². The molecule has 1 aliphatic carbocycles. The Morgan fingerprint density at radius 3 is 2.90 bits per heavy atom. The van der Waals surface area contributed by atoms with Crippen LogP contribution in [-0.4, -0.2) is 16.2 Å². The van der Waals surface area contributed by atoms with Crippen LogP contribution in [0.25, 0.3) is 0 Å². The van der Waals surface area contributed by atoms with Crippen LogP contribution in [0, 0.1) is 17.1 Å². The fourth-order valence-electron chi connectivity index (χ4n) is 1.91. The van der Waals surface area contributed by atoms with E-state index in [1.165, 1.54) is 6.33 Å². The Morgan fingerprint density at radius 1 is 1.48 bits per heavy atom. The van der Waals surface area contributed by atoms with Gasteiger partial charge in [-0.15, -0.1) is 0 Å². The third-order valence-electron chi connectivity index (χ3n) is 2.98. The van der Waals surface area contributed by atoms with E-state index in [1.54, 1.807) is 13.2 Å². The van der Waals surface area contributed by atoms with E-state index in [0.29, 0.717) is 34.7 Å².